The fraction of sp³-hybridized carbons (Fsp3) is 0.176. The normalized spacial score (nSPS) is 10.9. The van der Waals surface area contributed by atoms with Crippen LogP contribution in [0.25, 0.3) is 0 Å². The molecule has 6 nitrogen and oxygen atoms in total. The zero-order chi connectivity index (χ0) is 17.7. The first-order valence-electron chi connectivity index (χ1n) is 7.20. The second kappa shape index (κ2) is 7.27. The number of carbonyl (C=O) groups excluding carboxylic acids is 2. The van der Waals surface area contributed by atoms with Crippen LogP contribution < -0.4 is 10.6 Å². The molecular weight excluding hydrogens is 328 g/mol. The number of Topliss-reactive ketones (excluding diaryl/α,β-unsaturated/α-hetero) is 1. The van der Waals surface area contributed by atoms with E-state index in [1.807, 2.05) is 0 Å². The third-order valence-electron chi connectivity index (χ3n) is 3.27. The summed E-state index contributed by atoms with van der Waals surface area (Å²) in [5.41, 5.74) is 1.58. The van der Waals surface area contributed by atoms with Crippen LogP contribution in [0.4, 0.5) is 11.4 Å². The lowest BCUT2D eigenvalue weighted by Crippen LogP contribution is -2.22. The third kappa shape index (κ3) is 4.92. The van der Waals surface area contributed by atoms with Crippen molar-refractivity contribution in [1.82, 2.24) is 0 Å². The minimum atomic E-state index is -3.30. The highest BCUT2D eigenvalue weighted by Gasteiger charge is 2.08. The van der Waals surface area contributed by atoms with Crippen molar-refractivity contribution in [3.05, 3.63) is 54.1 Å². The molecule has 0 aromatic heterocycles. The first kappa shape index (κ1) is 17.7. The van der Waals surface area contributed by atoms with Gasteiger partial charge in [-0.3, -0.25) is 9.59 Å². The summed E-state index contributed by atoms with van der Waals surface area (Å²) < 4.78 is 23.0. The number of rotatable bonds is 6. The van der Waals surface area contributed by atoms with Gasteiger partial charge in [-0.2, -0.15) is 0 Å². The van der Waals surface area contributed by atoms with Crippen LogP contribution in [0.15, 0.2) is 53.4 Å². The zero-order valence-electron chi connectivity index (χ0n) is 13.4. The van der Waals surface area contributed by atoms with Crippen LogP contribution in [0, 0.1) is 0 Å². The number of anilines is 2. The van der Waals surface area contributed by atoms with E-state index in [4.69, 9.17) is 0 Å². The summed E-state index contributed by atoms with van der Waals surface area (Å²) in [6, 6.07) is 12.9. The summed E-state index contributed by atoms with van der Waals surface area (Å²) in [5.74, 6) is -0.387. The van der Waals surface area contributed by atoms with E-state index < -0.39 is 9.84 Å². The summed E-state index contributed by atoms with van der Waals surface area (Å²) in [7, 11) is -3.30. The highest BCUT2D eigenvalue weighted by molar-refractivity contribution is 7.90. The van der Waals surface area contributed by atoms with Crippen molar-refractivity contribution in [3.63, 3.8) is 0 Å². The summed E-state index contributed by atoms with van der Waals surface area (Å²) in [4.78, 5) is 23.5. The van der Waals surface area contributed by atoms with Crippen molar-refractivity contribution in [2.75, 3.05) is 23.4 Å². The van der Waals surface area contributed by atoms with E-state index in [2.05, 4.69) is 10.6 Å². The molecule has 0 unspecified atom stereocenters. The van der Waals surface area contributed by atoms with Gasteiger partial charge in [0.1, 0.15) is 0 Å². The standard InChI is InChI=1S/C17H18N2O4S/c1-12(20)13-5-3-7-15(9-13)19-17(21)11-18-14-6-4-8-16(10-14)24(2,22)23/h3-10,18H,11H2,1-2H3,(H,19,21). The molecule has 0 aliphatic carbocycles. The van der Waals surface area contributed by atoms with Gasteiger partial charge in [-0.25, -0.2) is 8.42 Å². The molecule has 0 saturated heterocycles. The Hall–Kier alpha value is -2.67. The van der Waals surface area contributed by atoms with E-state index in [1.165, 1.54) is 19.1 Å². The summed E-state index contributed by atoms with van der Waals surface area (Å²) in [5, 5.41) is 5.55. The van der Waals surface area contributed by atoms with Crippen molar-refractivity contribution in [1.29, 1.82) is 0 Å². The lowest BCUT2D eigenvalue weighted by atomic mass is 10.1. The smallest absolute Gasteiger partial charge is 0.243 e. The van der Waals surface area contributed by atoms with Crippen LogP contribution in [0.2, 0.25) is 0 Å². The van der Waals surface area contributed by atoms with Crippen LogP contribution in [-0.2, 0) is 14.6 Å². The van der Waals surface area contributed by atoms with Crippen LogP contribution in [-0.4, -0.2) is 32.9 Å². The lowest BCUT2D eigenvalue weighted by Gasteiger charge is -2.09. The molecule has 0 aliphatic heterocycles. The van der Waals surface area contributed by atoms with E-state index in [9.17, 15) is 18.0 Å². The molecule has 126 valence electrons. The van der Waals surface area contributed by atoms with E-state index in [0.29, 0.717) is 16.9 Å². The monoisotopic (exact) mass is 346 g/mol. The predicted octanol–water partition coefficient (Wildman–Crippen LogP) is 2.34. The van der Waals surface area contributed by atoms with Gasteiger partial charge in [-0.1, -0.05) is 18.2 Å². The minimum absolute atomic E-state index is 0.0302. The molecule has 0 atom stereocenters. The quantitative estimate of drug-likeness (QED) is 0.783. The molecule has 0 bridgehead atoms. The second-order valence-electron chi connectivity index (χ2n) is 5.34. The Labute approximate surface area is 140 Å². The summed E-state index contributed by atoms with van der Waals surface area (Å²) in [6.45, 7) is 1.43. The number of sulfone groups is 1. The maximum atomic E-state index is 12.0. The maximum Gasteiger partial charge on any atom is 0.243 e. The highest BCUT2D eigenvalue weighted by atomic mass is 32.2. The molecule has 1 amide bonds. The number of carbonyl (C=O) groups is 2. The maximum absolute atomic E-state index is 12.0. The Kier molecular flexibility index (Phi) is 5.35. The highest BCUT2D eigenvalue weighted by Crippen LogP contribution is 2.15. The van der Waals surface area contributed by atoms with Gasteiger partial charge in [0, 0.05) is 23.2 Å². The average Bonchev–Trinajstić information content (AvgIpc) is 2.52. The van der Waals surface area contributed by atoms with Gasteiger partial charge in [-0.05, 0) is 37.3 Å². The van der Waals surface area contributed by atoms with Crippen molar-refractivity contribution in [2.24, 2.45) is 0 Å². The van der Waals surface area contributed by atoms with Gasteiger partial charge in [0.15, 0.2) is 15.6 Å². The number of ketones is 1. The third-order valence-corrected chi connectivity index (χ3v) is 4.38. The Morgan fingerprint density at radius 1 is 1.00 bits per heavy atom. The molecule has 2 rings (SSSR count). The van der Waals surface area contributed by atoms with Crippen molar-refractivity contribution in [3.8, 4) is 0 Å². The molecule has 0 radical (unpaired) electrons. The predicted molar refractivity (Wildman–Crippen MR) is 93.1 cm³/mol. The van der Waals surface area contributed by atoms with Gasteiger partial charge < -0.3 is 10.6 Å². The first-order chi connectivity index (χ1) is 11.3. The molecule has 2 aromatic rings. The lowest BCUT2D eigenvalue weighted by molar-refractivity contribution is -0.114. The number of benzene rings is 2. The molecule has 0 fully saturated rings. The number of amides is 1. The molecule has 0 saturated carbocycles. The molecule has 0 heterocycles. The summed E-state index contributed by atoms with van der Waals surface area (Å²) >= 11 is 0. The average molecular weight is 346 g/mol. The van der Waals surface area contributed by atoms with Crippen LogP contribution in [0.1, 0.15) is 17.3 Å². The van der Waals surface area contributed by atoms with E-state index in [0.717, 1.165) is 6.26 Å². The fourth-order valence-corrected chi connectivity index (χ4v) is 2.71. The van der Waals surface area contributed by atoms with Crippen LogP contribution in [0.5, 0.6) is 0 Å². The molecule has 0 aliphatic rings. The second-order valence-corrected chi connectivity index (χ2v) is 7.35. The van der Waals surface area contributed by atoms with E-state index in [1.54, 1.807) is 36.4 Å². The van der Waals surface area contributed by atoms with E-state index >= 15 is 0 Å². The van der Waals surface area contributed by atoms with Gasteiger partial charge in [0.25, 0.3) is 0 Å². The number of nitrogens with one attached hydrogen (secondary N) is 2. The van der Waals surface area contributed by atoms with Gasteiger partial charge in [0.2, 0.25) is 5.91 Å². The molecule has 24 heavy (non-hydrogen) atoms. The Morgan fingerprint density at radius 3 is 2.33 bits per heavy atom. The molecule has 0 spiro atoms. The minimum Gasteiger partial charge on any atom is -0.376 e. The molecule has 2 aromatic carbocycles. The SMILES string of the molecule is CC(=O)c1cccc(NC(=O)CNc2cccc(S(C)(=O)=O)c2)c1. The Bertz CT molecular complexity index is 876. The molecule has 7 heteroatoms. The fourth-order valence-electron chi connectivity index (χ4n) is 2.04. The Morgan fingerprint density at radius 2 is 1.67 bits per heavy atom. The van der Waals surface area contributed by atoms with Crippen molar-refractivity contribution < 1.29 is 18.0 Å². The van der Waals surface area contributed by atoms with Gasteiger partial charge in [0.05, 0.1) is 11.4 Å². The number of hydrogen-bond acceptors (Lipinski definition) is 5. The zero-order valence-corrected chi connectivity index (χ0v) is 14.2. The van der Waals surface area contributed by atoms with Gasteiger partial charge >= 0.3 is 0 Å². The molecule has 2 N–H and O–H groups in total. The molecular formula is C17H18N2O4S. The van der Waals surface area contributed by atoms with Gasteiger partial charge in [-0.15, -0.1) is 0 Å². The first-order valence-corrected chi connectivity index (χ1v) is 9.10. The largest absolute Gasteiger partial charge is 0.376 e. The topological polar surface area (TPSA) is 92.3 Å². The van der Waals surface area contributed by atoms with Crippen LogP contribution >= 0.6 is 0 Å². The van der Waals surface area contributed by atoms with Crippen molar-refractivity contribution in [2.45, 2.75) is 11.8 Å². The van der Waals surface area contributed by atoms with E-state index in [-0.39, 0.29) is 23.1 Å². The van der Waals surface area contributed by atoms with Crippen molar-refractivity contribution >= 4 is 32.9 Å². The summed E-state index contributed by atoms with van der Waals surface area (Å²) in [6.07, 6.45) is 1.13. The Balaban J connectivity index is 1.99. The van der Waals surface area contributed by atoms with Crippen LogP contribution in [0.3, 0.4) is 0 Å². The number of hydrogen-bond donors (Lipinski definition) is 2.